The van der Waals surface area contributed by atoms with Crippen molar-refractivity contribution in [3.8, 4) is 11.5 Å². The van der Waals surface area contributed by atoms with E-state index in [9.17, 15) is 0 Å². The molecule has 2 heterocycles. The number of anilines is 1. The largest absolute Gasteiger partial charge is 0.454 e. The van der Waals surface area contributed by atoms with Gasteiger partial charge >= 0.3 is 0 Å². The van der Waals surface area contributed by atoms with Gasteiger partial charge in [-0.25, -0.2) is 0 Å². The summed E-state index contributed by atoms with van der Waals surface area (Å²) < 4.78 is 10.6. The highest BCUT2D eigenvalue weighted by atomic mass is 35.5. The van der Waals surface area contributed by atoms with Crippen LogP contribution >= 0.6 is 11.6 Å². The summed E-state index contributed by atoms with van der Waals surface area (Å²) in [6, 6.07) is 4.15. The van der Waals surface area contributed by atoms with E-state index in [0.29, 0.717) is 11.1 Å². The SMILES string of the molecule is Clc1cc2c(cc1NC1CCNC1)OCO2. The highest BCUT2D eigenvalue weighted by molar-refractivity contribution is 6.33. The maximum Gasteiger partial charge on any atom is 0.231 e. The molecule has 0 spiro atoms. The van der Waals surface area contributed by atoms with Crippen LogP contribution < -0.4 is 20.1 Å². The fourth-order valence-electron chi connectivity index (χ4n) is 2.03. The maximum absolute atomic E-state index is 6.17. The molecular weight excluding hydrogens is 228 g/mol. The molecule has 5 heteroatoms. The van der Waals surface area contributed by atoms with E-state index in [1.807, 2.05) is 6.07 Å². The zero-order valence-corrected chi connectivity index (χ0v) is 9.51. The molecule has 86 valence electrons. The molecule has 0 amide bonds. The second kappa shape index (κ2) is 4.03. The Balaban J connectivity index is 1.83. The molecule has 4 nitrogen and oxygen atoms in total. The lowest BCUT2D eigenvalue weighted by Gasteiger charge is -2.14. The van der Waals surface area contributed by atoms with E-state index in [-0.39, 0.29) is 6.79 Å². The van der Waals surface area contributed by atoms with Gasteiger partial charge in [0.15, 0.2) is 11.5 Å². The molecule has 0 aliphatic carbocycles. The van der Waals surface area contributed by atoms with Crippen molar-refractivity contribution in [3.05, 3.63) is 17.2 Å². The average Bonchev–Trinajstić information content (AvgIpc) is 2.89. The molecular formula is C11H13ClN2O2. The van der Waals surface area contributed by atoms with Crippen molar-refractivity contribution in [2.24, 2.45) is 0 Å². The minimum Gasteiger partial charge on any atom is -0.454 e. The lowest BCUT2D eigenvalue weighted by atomic mass is 10.2. The van der Waals surface area contributed by atoms with E-state index in [1.54, 1.807) is 6.07 Å². The number of benzene rings is 1. The van der Waals surface area contributed by atoms with Crippen LogP contribution in [-0.4, -0.2) is 25.9 Å². The van der Waals surface area contributed by atoms with Crippen molar-refractivity contribution >= 4 is 17.3 Å². The topological polar surface area (TPSA) is 42.5 Å². The Morgan fingerprint density at radius 2 is 2.12 bits per heavy atom. The number of halogens is 1. The minimum absolute atomic E-state index is 0.278. The van der Waals surface area contributed by atoms with Crippen molar-refractivity contribution in [1.29, 1.82) is 0 Å². The van der Waals surface area contributed by atoms with Crippen LogP contribution in [0.25, 0.3) is 0 Å². The van der Waals surface area contributed by atoms with E-state index >= 15 is 0 Å². The highest BCUT2D eigenvalue weighted by Gasteiger charge is 2.19. The first-order valence-corrected chi connectivity index (χ1v) is 5.77. The average molecular weight is 241 g/mol. The third kappa shape index (κ3) is 1.79. The second-order valence-electron chi connectivity index (χ2n) is 4.02. The molecule has 1 fully saturated rings. The molecule has 1 aromatic rings. The first-order valence-electron chi connectivity index (χ1n) is 5.39. The van der Waals surface area contributed by atoms with Crippen LogP contribution in [0.3, 0.4) is 0 Å². The van der Waals surface area contributed by atoms with Gasteiger partial charge in [0, 0.05) is 24.7 Å². The molecule has 0 aromatic heterocycles. The zero-order chi connectivity index (χ0) is 11.0. The van der Waals surface area contributed by atoms with Crippen molar-refractivity contribution in [2.45, 2.75) is 12.5 Å². The van der Waals surface area contributed by atoms with Gasteiger partial charge in [-0.15, -0.1) is 0 Å². The summed E-state index contributed by atoms with van der Waals surface area (Å²) in [6.45, 7) is 2.31. The van der Waals surface area contributed by atoms with Gasteiger partial charge in [0.25, 0.3) is 0 Å². The summed E-state index contributed by atoms with van der Waals surface area (Å²) in [5.74, 6) is 1.48. The van der Waals surface area contributed by atoms with E-state index < -0.39 is 0 Å². The van der Waals surface area contributed by atoms with Crippen LogP contribution in [0, 0.1) is 0 Å². The maximum atomic E-state index is 6.17. The number of ether oxygens (including phenoxy) is 2. The van der Waals surface area contributed by atoms with Crippen LogP contribution in [0.15, 0.2) is 12.1 Å². The Hall–Kier alpha value is -1.13. The third-order valence-corrected chi connectivity index (χ3v) is 3.19. The van der Waals surface area contributed by atoms with Crippen LogP contribution in [0.1, 0.15) is 6.42 Å². The summed E-state index contributed by atoms with van der Waals surface area (Å²) >= 11 is 6.17. The van der Waals surface area contributed by atoms with Gasteiger partial charge in [-0.1, -0.05) is 11.6 Å². The molecule has 1 aromatic carbocycles. The first kappa shape index (κ1) is 10.1. The van der Waals surface area contributed by atoms with Crippen LogP contribution in [0.2, 0.25) is 5.02 Å². The van der Waals surface area contributed by atoms with Crippen LogP contribution in [0.5, 0.6) is 11.5 Å². The van der Waals surface area contributed by atoms with E-state index in [1.165, 1.54) is 0 Å². The Morgan fingerprint density at radius 3 is 2.88 bits per heavy atom. The summed E-state index contributed by atoms with van der Waals surface area (Å²) in [5, 5.41) is 7.39. The number of hydrogen-bond acceptors (Lipinski definition) is 4. The fourth-order valence-corrected chi connectivity index (χ4v) is 2.23. The molecule has 1 atom stereocenters. The molecule has 1 saturated heterocycles. The third-order valence-electron chi connectivity index (χ3n) is 2.88. The molecule has 0 bridgehead atoms. The van der Waals surface area contributed by atoms with Gasteiger partial charge in [-0.2, -0.15) is 0 Å². The molecule has 1 unspecified atom stereocenters. The fraction of sp³-hybridized carbons (Fsp3) is 0.455. The number of rotatable bonds is 2. The van der Waals surface area contributed by atoms with Gasteiger partial charge in [0.1, 0.15) is 0 Å². The van der Waals surface area contributed by atoms with Gasteiger partial charge in [0.05, 0.1) is 10.7 Å². The number of hydrogen-bond donors (Lipinski definition) is 2. The van der Waals surface area contributed by atoms with E-state index in [0.717, 1.165) is 36.7 Å². The molecule has 0 radical (unpaired) electrons. The predicted molar refractivity (Wildman–Crippen MR) is 62.5 cm³/mol. The summed E-state index contributed by atoms with van der Waals surface area (Å²) in [5.41, 5.74) is 0.916. The summed E-state index contributed by atoms with van der Waals surface area (Å²) in [4.78, 5) is 0. The number of fused-ring (bicyclic) bond motifs is 1. The molecule has 16 heavy (non-hydrogen) atoms. The molecule has 2 aliphatic rings. The predicted octanol–water partition coefficient (Wildman–Crippen LogP) is 1.84. The lowest BCUT2D eigenvalue weighted by Crippen LogP contribution is -2.22. The summed E-state index contributed by atoms with van der Waals surface area (Å²) in [7, 11) is 0. The van der Waals surface area contributed by atoms with Gasteiger partial charge in [-0.3, -0.25) is 0 Å². The van der Waals surface area contributed by atoms with E-state index in [2.05, 4.69) is 10.6 Å². The Labute approximate surface area is 98.9 Å². The Kier molecular flexibility index (Phi) is 2.53. The molecule has 3 rings (SSSR count). The highest BCUT2D eigenvalue weighted by Crippen LogP contribution is 2.39. The first-order chi connectivity index (χ1) is 7.83. The van der Waals surface area contributed by atoms with E-state index in [4.69, 9.17) is 21.1 Å². The Bertz CT molecular complexity index is 405. The molecule has 2 N–H and O–H groups in total. The van der Waals surface area contributed by atoms with Gasteiger partial charge < -0.3 is 20.1 Å². The van der Waals surface area contributed by atoms with Crippen molar-refractivity contribution in [3.63, 3.8) is 0 Å². The van der Waals surface area contributed by atoms with Crippen LogP contribution in [0.4, 0.5) is 5.69 Å². The standard InChI is InChI=1S/C11H13ClN2O2/c12-8-3-10-11(16-6-15-10)4-9(8)14-7-1-2-13-5-7/h3-4,7,13-14H,1-2,5-6H2. The lowest BCUT2D eigenvalue weighted by molar-refractivity contribution is 0.174. The zero-order valence-electron chi connectivity index (χ0n) is 8.75. The van der Waals surface area contributed by atoms with Gasteiger partial charge in [0.2, 0.25) is 6.79 Å². The minimum atomic E-state index is 0.278. The summed E-state index contributed by atoms with van der Waals surface area (Å²) in [6.07, 6.45) is 1.12. The molecule has 0 saturated carbocycles. The quantitative estimate of drug-likeness (QED) is 0.828. The Morgan fingerprint density at radius 1 is 1.31 bits per heavy atom. The molecule has 2 aliphatic heterocycles. The van der Waals surface area contributed by atoms with Gasteiger partial charge in [-0.05, 0) is 13.0 Å². The normalized spacial score (nSPS) is 22.4. The van der Waals surface area contributed by atoms with Crippen molar-refractivity contribution in [2.75, 3.05) is 25.2 Å². The van der Waals surface area contributed by atoms with Crippen molar-refractivity contribution < 1.29 is 9.47 Å². The van der Waals surface area contributed by atoms with Crippen molar-refractivity contribution in [1.82, 2.24) is 5.32 Å². The second-order valence-corrected chi connectivity index (χ2v) is 4.43. The smallest absolute Gasteiger partial charge is 0.231 e. The number of nitrogens with one attached hydrogen (secondary N) is 2. The monoisotopic (exact) mass is 240 g/mol. The van der Waals surface area contributed by atoms with Crippen LogP contribution in [-0.2, 0) is 0 Å².